The van der Waals surface area contributed by atoms with Crippen LogP contribution in [-0.4, -0.2) is 61.3 Å². The molecule has 0 aliphatic carbocycles. The Morgan fingerprint density at radius 2 is 2.09 bits per heavy atom. The highest BCUT2D eigenvalue weighted by atomic mass is 19.1. The van der Waals surface area contributed by atoms with Gasteiger partial charge < -0.3 is 15.5 Å². The van der Waals surface area contributed by atoms with E-state index in [0.29, 0.717) is 17.4 Å². The molecule has 1 aromatic carbocycles. The van der Waals surface area contributed by atoms with Gasteiger partial charge in [-0.25, -0.2) is 13.9 Å². The van der Waals surface area contributed by atoms with Crippen molar-refractivity contribution in [3.8, 4) is 0 Å². The van der Waals surface area contributed by atoms with Crippen LogP contribution in [0.5, 0.6) is 0 Å². The van der Waals surface area contributed by atoms with Crippen LogP contribution in [0.4, 0.5) is 10.2 Å². The molecule has 10 heteroatoms. The van der Waals surface area contributed by atoms with E-state index in [1.165, 1.54) is 12.1 Å². The number of aromatic nitrogens is 5. The molecule has 0 saturated carbocycles. The summed E-state index contributed by atoms with van der Waals surface area (Å²) in [5.74, 6) is 0.331. The van der Waals surface area contributed by atoms with E-state index in [2.05, 4.69) is 15.1 Å². The zero-order chi connectivity index (χ0) is 23.4. The average Bonchev–Trinajstić information content (AvgIpc) is 3.55. The number of carbonyl (C=O) groups is 1. The monoisotopic (exact) mass is 462 g/mol. The third-order valence-electron chi connectivity index (χ3n) is 6.98. The normalized spacial score (nSPS) is 21.1. The van der Waals surface area contributed by atoms with E-state index in [1.54, 1.807) is 10.6 Å². The predicted molar refractivity (Wildman–Crippen MR) is 126 cm³/mol. The minimum Gasteiger partial charge on any atom is -0.355 e. The van der Waals surface area contributed by atoms with Gasteiger partial charge in [-0.05, 0) is 50.8 Å². The van der Waals surface area contributed by atoms with Crippen molar-refractivity contribution in [1.29, 1.82) is 0 Å². The molecule has 3 N–H and O–H groups in total. The third kappa shape index (κ3) is 3.49. The molecular weight excluding hydrogens is 435 g/mol. The summed E-state index contributed by atoms with van der Waals surface area (Å²) in [6, 6.07) is 6.27. The second kappa shape index (κ2) is 8.05. The maximum absolute atomic E-state index is 13.9. The number of benzene rings is 1. The number of carbonyl (C=O) groups excluding carboxylic acids is 1. The van der Waals surface area contributed by atoms with Crippen LogP contribution >= 0.6 is 0 Å². The number of nitrogens with two attached hydrogens (primary N) is 1. The summed E-state index contributed by atoms with van der Waals surface area (Å²) in [6.07, 6.45) is 5.66. The summed E-state index contributed by atoms with van der Waals surface area (Å²) < 4.78 is 15.7. The van der Waals surface area contributed by atoms with Crippen LogP contribution in [0.2, 0.25) is 0 Å². The summed E-state index contributed by atoms with van der Waals surface area (Å²) in [5.41, 5.74) is 9.58. The molecule has 2 atom stereocenters. The molecule has 0 bridgehead atoms. The number of fused-ring (bicyclic) bond motifs is 2. The van der Waals surface area contributed by atoms with Crippen molar-refractivity contribution in [1.82, 2.24) is 29.7 Å². The molecule has 34 heavy (non-hydrogen) atoms. The first kappa shape index (κ1) is 21.0. The maximum Gasteiger partial charge on any atom is 0.275 e. The Morgan fingerprint density at radius 3 is 2.91 bits per heavy atom. The van der Waals surface area contributed by atoms with Crippen LogP contribution < -0.4 is 10.6 Å². The summed E-state index contributed by atoms with van der Waals surface area (Å²) in [5, 5.41) is 12.4. The molecule has 2 fully saturated rings. The molecule has 1 amide bonds. The third-order valence-corrected chi connectivity index (χ3v) is 6.98. The highest BCUT2D eigenvalue weighted by Gasteiger charge is 2.33. The molecule has 0 radical (unpaired) electrons. The van der Waals surface area contributed by atoms with Gasteiger partial charge in [-0.2, -0.15) is 10.2 Å². The van der Waals surface area contributed by atoms with Crippen LogP contribution in [-0.2, 0) is 0 Å². The fourth-order valence-electron chi connectivity index (χ4n) is 5.25. The van der Waals surface area contributed by atoms with Crippen LogP contribution in [0, 0.1) is 12.7 Å². The van der Waals surface area contributed by atoms with Crippen molar-refractivity contribution in [3.63, 3.8) is 0 Å². The Morgan fingerprint density at radius 1 is 1.21 bits per heavy atom. The SMILES string of the molecule is Cc1cn2nc(C3CCCCN3C(=O)c3n[nH]c4ccc(F)cc34)cc2nc1N1CCC(N)C1. The van der Waals surface area contributed by atoms with E-state index in [4.69, 9.17) is 15.8 Å². The van der Waals surface area contributed by atoms with Crippen molar-refractivity contribution < 1.29 is 9.18 Å². The lowest BCUT2D eigenvalue weighted by Gasteiger charge is -2.34. The van der Waals surface area contributed by atoms with E-state index in [9.17, 15) is 9.18 Å². The minimum atomic E-state index is -0.394. The van der Waals surface area contributed by atoms with Crippen molar-refractivity contribution in [2.75, 3.05) is 24.5 Å². The van der Waals surface area contributed by atoms with E-state index >= 15 is 0 Å². The van der Waals surface area contributed by atoms with Crippen LogP contribution in [0.3, 0.4) is 0 Å². The first-order valence-corrected chi connectivity index (χ1v) is 11.8. The highest BCUT2D eigenvalue weighted by Crippen LogP contribution is 2.33. The number of aryl methyl sites for hydroxylation is 1. The van der Waals surface area contributed by atoms with E-state index in [-0.39, 0.29) is 23.7 Å². The standard InChI is InChI=1S/C24H27FN8O/c1-14-12-33-21(27-23(14)31-9-7-16(26)13-31)11-19(30-33)20-4-2-3-8-32(20)24(34)22-17-10-15(25)5-6-18(17)28-29-22/h5-6,10-12,16,20H,2-4,7-9,13,26H2,1H3,(H,28,29). The molecule has 9 nitrogen and oxygen atoms in total. The van der Waals surface area contributed by atoms with E-state index < -0.39 is 5.82 Å². The number of rotatable bonds is 3. The Bertz CT molecular complexity index is 1390. The van der Waals surface area contributed by atoms with Gasteiger partial charge in [-0.15, -0.1) is 0 Å². The van der Waals surface area contributed by atoms with Crippen molar-refractivity contribution in [2.45, 2.75) is 44.7 Å². The van der Waals surface area contributed by atoms with Gasteiger partial charge in [-0.1, -0.05) is 0 Å². The number of hydrogen-bond acceptors (Lipinski definition) is 6. The fourth-order valence-corrected chi connectivity index (χ4v) is 5.25. The number of hydrogen-bond donors (Lipinski definition) is 2. The molecule has 2 saturated heterocycles. The number of amides is 1. The number of nitrogens with one attached hydrogen (secondary N) is 1. The number of aromatic amines is 1. The van der Waals surface area contributed by atoms with Crippen LogP contribution in [0.25, 0.3) is 16.6 Å². The molecule has 2 unspecified atom stereocenters. The summed E-state index contributed by atoms with van der Waals surface area (Å²) in [7, 11) is 0. The van der Waals surface area contributed by atoms with Gasteiger partial charge in [0.05, 0.1) is 17.3 Å². The largest absolute Gasteiger partial charge is 0.355 e. The minimum absolute atomic E-state index is 0.173. The molecule has 176 valence electrons. The fraction of sp³-hybridized carbons (Fsp3) is 0.417. The predicted octanol–water partition coefficient (Wildman–Crippen LogP) is 2.96. The maximum atomic E-state index is 13.9. The second-order valence-corrected chi connectivity index (χ2v) is 9.39. The number of piperidine rings is 1. The van der Waals surface area contributed by atoms with Gasteiger partial charge in [-0.3, -0.25) is 9.89 Å². The van der Waals surface area contributed by atoms with Gasteiger partial charge >= 0.3 is 0 Å². The van der Waals surface area contributed by atoms with E-state index in [0.717, 1.165) is 61.5 Å². The molecule has 6 rings (SSSR count). The van der Waals surface area contributed by atoms with Crippen LogP contribution in [0.15, 0.2) is 30.5 Å². The van der Waals surface area contributed by atoms with Crippen molar-refractivity contribution in [2.24, 2.45) is 5.73 Å². The number of H-pyrrole nitrogens is 1. The Labute approximate surface area is 195 Å². The van der Waals surface area contributed by atoms with Gasteiger partial charge in [0.2, 0.25) is 0 Å². The quantitative estimate of drug-likeness (QED) is 0.485. The van der Waals surface area contributed by atoms with Gasteiger partial charge in [0.25, 0.3) is 5.91 Å². The van der Waals surface area contributed by atoms with Gasteiger partial charge in [0.1, 0.15) is 11.6 Å². The number of nitrogens with zero attached hydrogens (tertiary/aromatic N) is 6. The van der Waals surface area contributed by atoms with Crippen molar-refractivity contribution in [3.05, 3.63) is 53.2 Å². The summed E-state index contributed by atoms with van der Waals surface area (Å²) >= 11 is 0. The second-order valence-electron chi connectivity index (χ2n) is 9.39. The molecular formula is C24H27FN8O. The number of likely N-dealkylation sites (tertiary alicyclic amines) is 1. The Kier molecular flexibility index (Phi) is 4.98. The first-order chi connectivity index (χ1) is 16.5. The lowest BCUT2D eigenvalue weighted by Crippen LogP contribution is -2.39. The Balaban J connectivity index is 1.35. The van der Waals surface area contributed by atoms with Crippen LogP contribution in [0.1, 0.15) is 53.5 Å². The lowest BCUT2D eigenvalue weighted by atomic mass is 9.98. The molecule has 2 aliphatic rings. The van der Waals surface area contributed by atoms with Crippen molar-refractivity contribution >= 4 is 28.3 Å². The average molecular weight is 463 g/mol. The zero-order valence-electron chi connectivity index (χ0n) is 19.0. The van der Waals surface area contributed by atoms with Gasteiger partial charge in [0, 0.05) is 48.9 Å². The molecule has 5 heterocycles. The van der Waals surface area contributed by atoms with E-state index in [1.807, 2.05) is 24.1 Å². The first-order valence-electron chi connectivity index (χ1n) is 11.8. The number of halogens is 1. The molecule has 3 aromatic heterocycles. The number of anilines is 1. The zero-order valence-corrected chi connectivity index (χ0v) is 19.0. The summed E-state index contributed by atoms with van der Waals surface area (Å²) in [4.78, 5) is 22.5. The molecule has 0 spiro atoms. The van der Waals surface area contributed by atoms with Gasteiger partial charge in [0.15, 0.2) is 11.3 Å². The Hall–Kier alpha value is -3.53. The smallest absolute Gasteiger partial charge is 0.275 e. The summed E-state index contributed by atoms with van der Waals surface area (Å²) in [6.45, 7) is 4.33. The molecule has 2 aliphatic heterocycles. The highest BCUT2D eigenvalue weighted by molar-refractivity contribution is 6.04. The lowest BCUT2D eigenvalue weighted by molar-refractivity contribution is 0.0601. The topological polar surface area (TPSA) is 108 Å². The molecule has 4 aromatic rings.